The highest BCUT2D eigenvalue weighted by atomic mass is 127. The molecule has 0 radical (unpaired) electrons. The van der Waals surface area contributed by atoms with Gasteiger partial charge in [-0.05, 0) is 47.7 Å². The lowest BCUT2D eigenvalue weighted by molar-refractivity contribution is -0.128. The van der Waals surface area contributed by atoms with Crippen LogP contribution in [0.4, 0.5) is 10.5 Å². The van der Waals surface area contributed by atoms with E-state index < -0.39 is 24.1 Å². The fourth-order valence-electron chi connectivity index (χ4n) is 1.24. The van der Waals surface area contributed by atoms with E-state index in [1.807, 2.05) is 27.9 Å². The van der Waals surface area contributed by atoms with Crippen LogP contribution in [0.1, 0.15) is 17.3 Å². The van der Waals surface area contributed by atoms with Crippen molar-refractivity contribution in [3.63, 3.8) is 0 Å². The van der Waals surface area contributed by atoms with E-state index in [1.54, 1.807) is 18.2 Å². The number of carbonyl (C=O) groups is 3. The second-order valence-electron chi connectivity index (χ2n) is 3.76. The van der Waals surface area contributed by atoms with E-state index in [9.17, 15) is 14.4 Å². The third-order valence-corrected chi connectivity index (χ3v) is 2.97. The summed E-state index contributed by atoms with van der Waals surface area (Å²) < 4.78 is 10.0. The number of esters is 1. The van der Waals surface area contributed by atoms with Crippen molar-refractivity contribution in [2.75, 3.05) is 12.8 Å². The Hall–Kier alpha value is -1.84. The molecule has 1 aromatic rings. The summed E-state index contributed by atoms with van der Waals surface area (Å²) in [7, 11) is 1.12. The van der Waals surface area contributed by atoms with Crippen LogP contribution in [0.25, 0.3) is 0 Å². The predicted octanol–water partition coefficient (Wildman–Crippen LogP) is 1.30. The van der Waals surface area contributed by atoms with Crippen LogP contribution in [0.3, 0.4) is 0 Å². The molecule has 0 aliphatic rings. The number of nitrogens with two attached hydrogens (primary N) is 1. The Bertz CT molecular complexity index is 547. The van der Waals surface area contributed by atoms with Crippen molar-refractivity contribution in [3.05, 3.63) is 27.3 Å². The van der Waals surface area contributed by atoms with E-state index in [0.29, 0.717) is 0 Å². The number of nitrogens with one attached hydrogen (secondary N) is 1. The summed E-state index contributed by atoms with van der Waals surface area (Å²) in [6.07, 6.45) is -2.08. The number of imide groups is 1. The molecule has 7 nitrogen and oxygen atoms in total. The predicted molar refractivity (Wildman–Crippen MR) is 79.0 cm³/mol. The molecule has 108 valence electrons. The van der Waals surface area contributed by atoms with Crippen molar-refractivity contribution in [3.8, 4) is 0 Å². The van der Waals surface area contributed by atoms with Crippen molar-refractivity contribution in [2.24, 2.45) is 0 Å². The molecule has 0 aliphatic carbocycles. The molecule has 0 bridgehead atoms. The number of hydrogen-bond donors (Lipinski definition) is 2. The first kappa shape index (κ1) is 16.2. The Morgan fingerprint density at radius 3 is 2.60 bits per heavy atom. The van der Waals surface area contributed by atoms with Crippen LogP contribution in [0.15, 0.2) is 18.2 Å². The number of hydrogen-bond acceptors (Lipinski definition) is 6. The Labute approximate surface area is 128 Å². The average molecular weight is 392 g/mol. The Kier molecular flexibility index (Phi) is 5.74. The molecule has 0 saturated heterocycles. The van der Waals surface area contributed by atoms with Gasteiger partial charge in [-0.2, -0.15) is 0 Å². The van der Waals surface area contributed by atoms with Crippen LogP contribution in [-0.4, -0.2) is 31.2 Å². The molecule has 0 heterocycles. The molecule has 0 saturated carbocycles. The minimum atomic E-state index is -1.15. The van der Waals surface area contributed by atoms with Gasteiger partial charge in [-0.3, -0.25) is 10.1 Å². The summed E-state index contributed by atoms with van der Waals surface area (Å²) in [5.74, 6) is -1.53. The zero-order valence-electron chi connectivity index (χ0n) is 10.8. The lowest BCUT2D eigenvalue weighted by Crippen LogP contribution is -2.39. The minimum absolute atomic E-state index is 0.162. The van der Waals surface area contributed by atoms with E-state index in [4.69, 9.17) is 10.5 Å². The number of carbonyl (C=O) groups excluding carboxylic acids is 3. The fraction of sp³-hybridized carbons (Fsp3) is 0.250. The maximum Gasteiger partial charge on any atom is 0.413 e. The lowest BCUT2D eigenvalue weighted by atomic mass is 10.2. The van der Waals surface area contributed by atoms with E-state index in [1.165, 1.54) is 6.92 Å². The third kappa shape index (κ3) is 4.37. The second kappa shape index (κ2) is 7.08. The monoisotopic (exact) mass is 392 g/mol. The molecule has 0 spiro atoms. The van der Waals surface area contributed by atoms with Gasteiger partial charge in [0.25, 0.3) is 5.91 Å². The summed E-state index contributed by atoms with van der Waals surface area (Å²) in [6, 6.07) is 4.85. The van der Waals surface area contributed by atoms with Gasteiger partial charge in [0.15, 0.2) is 6.10 Å². The Morgan fingerprint density at radius 2 is 2.00 bits per heavy atom. The molecular weight excluding hydrogens is 379 g/mol. The largest absolute Gasteiger partial charge is 0.453 e. The first-order valence-electron chi connectivity index (χ1n) is 5.50. The van der Waals surface area contributed by atoms with Crippen LogP contribution in [-0.2, 0) is 14.3 Å². The number of methoxy groups -OCH3 is 1. The number of anilines is 1. The molecule has 0 aliphatic heterocycles. The molecule has 8 heteroatoms. The molecule has 2 amide bonds. The number of benzene rings is 1. The molecule has 20 heavy (non-hydrogen) atoms. The maximum absolute atomic E-state index is 11.9. The number of rotatable bonds is 3. The molecule has 3 N–H and O–H groups in total. The number of ether oxygens (including phenoxy) is 2. The van der Waals surface area contributed by atoms with Gasteiger partial charge in [0, 0.05) is 9.26 Å². The summed E-state index contributed by atoms with van der Waals surface area (Å²) in [5.41, 5.74) is 6.07. The highest BCUT2D eigenvalue weighted by Gasteiger charge is 2.22. The summed E-state index contributed by atoms with van der Waals surface area (Å²) in [6.45, 7) is 1.33. The molecule has 0 unspecified atom stereocenters. The van der Waals surface area contributed by atoms with Gasteiger partial charge in [0.1, 0.15) is 0 Å². The van der Waals surface area contributed by atoms with Crippen LogP contribution in [0.5, 0.6) is 0 Å². The van der Waals surface area contributed by atoms with Crippen molar-refractivity contribution < 1.29 is 23.9 Å². The smallest absolute Gasteiger partial charge is 0.413 e. The number of nitrogen functional groups attached to an aromatic ring is 1. The molecular formula is C12H13IN2O5. The van der Waals surface area contributed by atoms with Crippen molar-refractivity contribution in [1.82, 2.24) is 5.32 Å². The summed E-state index contributed by atoms with van der Waals surface area (Å²) >= 11 is 2.02. The highest BCUT2D eigenvalue weighted by Crippen LogP contribution is 2.17. The van der Waals surface area contributed by atoms with E-state index in [0.717, 1.165) is 10.7 Å². The van der Waals surface area contributed by atoms with E-state index in [-0.39, 0.29) is 11.3 Å². The minimum Gasteiger partial charge on any atom is -0.453 e. The van der Waals surface area contributed by atoms with Crippen LogP contribution in [0, 0.1) is 3.57 Å². The topological polar surface area (TPSA) is 108 Å². The van der Waals surface area contributed by atoms with Gasteiger partial charge in [-0.25, -0.2) is 9.59 Å². The van der Waals surface area contributed by atoms with Crippen molar-refractivity contribution in [2.45, 2.75) is 13.0 Å². The lowest BCUT2D eigenvalue weighted by Gasteiger charge is -2.13. The van der Waals surface area contributed by atoms with Gasteiger partial charge in [-0.15, -0.1) is 0 Å². The van der Waals surface area contributed by atoms with Gasteiger partial charge < -0.3 is 15.2 Å². The molecule has 0 fully saturated rings. The highest BCUT2D eigenvalue weighted by molar-refractivity contribution is 14.1. The zero-order valence-corrected chi connectivity index (χ0v) is 13.0. The van der Waals surface area contributed by atoms with Crippen molar-refractivity contribution >= 4 is 46.2 Å². The van der Waals surface area contributed by atoms with Gasteiger partial charge >= 0.3 is 12.1 Å². The molecule has 1 atom stereocenters. The summed E-state index contributed by atoms with van der Waals surface area (Å²) in [4.78, 5) is 34.3. The van der Waals surface area contributed by atoms with Crippen LogP contribution in [0.2, 0.25) is 0 Å². The van der Waals surface area contributed by atoms with E-state index >= 15 is 0 Å². The Balaban J connectivity index is 2.72. The van der Waals surface area contributed by atoms with Gasteiger partial charge in [-0.1, -0.05) is 0 Å². The summed E-state index contributed by atoms with van der Waals surface area (Å²) in [5, 5.41) is 1.90. The number of halogens is 1. The maximum atomic E-state index is 11.9. The molecule has 0 aromatic heterocycles. The van der Waals surface area contributed by atoms with Crippen LogP contribution >= 0.6 is 22.6 Å². The normalized spacial score (nSPS) is 11.3. The average Bonchev–Trinajstić information content (AvgIpc) is 2.40. The zero-order chi connectivity index (χ0) is 15.3. The fourth-order valence-corrected chi connectivity index (χ4v) is 1.73. The molecule has 1 rings (SSSR count). The van der Waals surface area contributed by atoms with Gasteiger partial charge in [0.2, 0.25) is 0 Å². The van der Waals surface area contributed by atoms with Gasteiger partial charge in [0.05, 0.1) is 12.7 Å². The first-order valence-corrected chi connectivity index (χ1v) is 6.58. The SMILES string of the molecule is COC(=O)NC(=O)[C@@H](C)OC(=O)c1cc(I)ccc1N. The standard InChI is InChI=1S/C12H13IN2O5/c1-6(10(16)15-12(18)19-2)20-11(17)8-5-7(13)3-4-9(8)14/h3-6H,14H2,1-2H3,(H,15,16,18)/t6-/m1/s1. The quantitative estimate of drug-likeness (QED) is 0.456. The van der Waals surface area contributed by atoms with E-state index in [2.05, 4.69) is 4.74 Å². The van der Waals surface area contributed by atoms with Crippen LogP contribution < -0.4 is 11.1 Å². The van der Waals surface area contributed by atoms with Crippen molar-refractivity contribution in [1.29, 1.82) is 0 Å². The second-order valence-corrected chi connectivity index (χ2v) is 5.01. The third-order valence-electron chi connectivity index (χ3n) is 2.30. The Morgan fingerprint density at radius 1 is 1.35 bits per heavy atom. The molecule has 1 aromatic carbocycles. The number of amides is 2. The number of alkyl carbamates (subject to hydrolysis) is 1. The first-order chi connectivity index (χ1) is 9.35.